The Balaban J connectivity index is 1.70. The summed E-state index contributed by atoms with van der Waals surface area (Å²) in [4.78, 5) is 35.0. The van der Waals surface area contributed by atoms with Crippen LogP contribution in [0.15, 0.2) is 51.8 Å². The van der Waals surface area contributed by atoms with E-state index in [9.17, 15) is 18.8 Å². The van der Waals surface area contributed by atoms with E-state index in [1.165, 1.54) is 18.2 Å². The molecule has 2 amide bonds. The Morgan fingerprint density at radius 2 is 2.04 bits per heavy atom. The second-order valence-corrected chi connectivity index (χ2v) is 7.19. The van der Waals surface area contributed by atoms with Gasteiger partial charge in [-0.25, -0.2) is 4.39 Å². The van der Waals surface area contributed by atoms with E-state index >= 15 is 0 Å². The van der Waals surface area contributed by atoms with Crippen LogP contribution in [-0.2, 0) is 16.0 Å². The molecular formula is C18H11BrFNO4S. The van der Waals surface area contributed by atoms with E-state index in [-0.39, 0.29) is 11.3 Å². The summed E-state index contributed by atoms with van der Waals surface area (Å²) in [5.74, 6) is -1.09. The number of nitrogens with one attached hydrogen (secondary N) is 1. The first kappa shape index (κ1) is 18.3. The van der Waals surface area contributed by atoms with Gasteiger partial charge in [0.15, 0.2) is 0 Å². The molecule has 0 radical (unpaired) electrons. The molecule has 8 heteroatoms. The number of carbonyl (C=O) groups excluding carboxylic acids is 3. The second kappa shape index (κ2) is 7.84. The van der Waals surface area contributed by atoms with Crippen LogP contribution in [0.1, 0.15) is 11.1 Å². The number of thioether (sulfide) groups is 1. The standard InChI is InChI=1S/C18H11BrFNO4S/c19-13-7-11(8-15-17(23)21-18(24)26-15)4-5-14(13)25-16(22)9-10-2-1-3-12(20)6-10/h1-8H,9H2,(H,21,23,24). The Labute approximate surface area is 160 Å². The Morgan fingerprint density at radius 3 is 2.69 bits per heavy atom. The van der Waals surface area contributed by atoms with Gasteiger partial charge in [0.05, 0.1) is 15.8 Å². The molecule has 1 N–H and O–H groups in total. The molecule has 3 rings (SSSR count). The Hall–Kier alpha value is -2.45. The van der Waals surface area contributed by atoms with Crippen LogP contribution in [0.4, 0.5) is 9.18 Å². The fraction of sp³-hybridized carbons (Fsp3) is 0.0556. The lowest BCUT2D eigenvalue weighted by Crippen LogP contribution is -2.17. The maximum atomic E-state index is 13.2. The molecule has 2 aromatic carbocycles. The van der Waals surface area contributed by atoms with Crippen LogP contribution in [0.5, 0.6) is 5.75 Å². The van der Waals surface area contributed by atoms with Crippen molar-refractivity contribution < 1.29 is 23.5 Å². The fourth-order valence-corrected chi connectivity index (χ4v) is 3.39. The van der Waals surface area contributed by atoms with Crippen LogP contribution in [0.2, 0.25) is 0 Å². The van der Waals surface area contributed by atoms with E-state index in [2.05, 4.69) is 21.2 Å². The lowest BCUT2D eigenvalue weighted by Gasteiger charge is -2.07. The maximum absolute atomic E-state index is 13.2. The van der Waals surface area contributed by atoms with E-state index in [1.807, 2.05) is 0 Å². The van der Waals surface area contributed by atoms with Gasteiger partial charge < -0.3 is 4.74 Å². The van der Waals surface area contributed by atoms with E-state index in [4.69, 9.17) is 4.74 Å². The molecule has 26 heavy (non-hydrogen) atoms. The minimum absolute atomic E-state index is 0.0606. The first-order valence-electron chi connectivity index (χ1n) is 7.40. The Kier molecular flexibility index (Phi) is 5.53. The van der Waals surface area contributed by atoms with E-state index < -0.39 is 22.9 Å². The molecule has 0 spiro atoms. The van der Waals surface area contributed by atoms with Crippen molar-refractivity contribution >= 4 is 50.9 Å². The molecule has 1 heterocycles. The van der Waals surface area contributed by atoms with Crippen LogP contribution < -0.4 is 10.1 Å². The lowest BCUT2D eigenvalue weighted by molar-refractivity contribution is -0.133. The molecule has 1 saturated heterocycles. The SMILES string of the molecule is O=C(Cc1cccc(F)c1)Oc1ccc(C=C2SC(=O)NC2=O)cc1Br. The summed E-state index contributed by atoms with van der Waals surface area (Å²) in [7, 11) is 0. The monoisotopic (exact) mass is 435 g/mol. The zero-order chi connectivity index (χ0) is 18.7. The van der Waals surface area contributed by atoms with Gasteiger partial charge in [-0.1, -0.05) is 18.2 Å². The highest BCUT2D eigenvalue weighted by molar-refractivity contribution is 9.10. The Bertz CT molecular complexity index is 945. The third kappa shape index (κ3) is 4.59. The first-order chi connectivity index (χ1) is 12.4. The highest BCUT2D eigenvalue weighted by atomic mass is 79.9. The normalized spacial score (nSPS) is 15.2. The van der Waals surface area contributed by atoms with Gasteiger partial charge in [-0.15, -0.1) is 0 Å². The molecule has 0 aromatic heterocycles. The molecule has 132 valence electrons. The molecule has 2 aromatic rings. The topological polar surface area (TPSA) is 72.5 Å². The Morgan fingerprint density at radius 1 is 1.23 bits per heavy atom. The molecular weight excluding hydrogens is 425 g/mol. The summed E-state index contributed by atoms with van der Waals surface area (Å²) in [5, 5.41) is 1.76. The molecule has 0 bridgehead atoms. The molecule has 0 atom stereocenters. The quantitative estimate of drug-likeness (QED) is 0.445. The van der Waals surface area contributed by atoms with Crippen molar-refractivity contribution in [1.29, 1.82) is 0 Å². The number of halogens is 2. The van der Waals surface area contributed by atoms with E-state index in [1.54, 1.807) is 30.3 Å². The molecule has 1 aliphatic rings. The minimum Gasteiger partial charge on any atom is -0.425 e. The molecule has 1 aliphatic heterocycles. The summed E-state index contributed by atoms with van der Waals surface area (Å²) in [6.45, 7) is 0. The molecule has 0 aliphatic carbocycles. The number of hydrogen-bond donors (Lipinski definition) is 1. The molecule has 5 nitrogen and oxygen atoms in total. The number of imide groups is 1. The summed E-state index contributed by atoms with van der Waals surface area (Å²) in [6, 6.07) is 10.6. The average molecular weight is 436 g/mol. The highest BCUT2D eigenvalue weighted by Crippen LogP contribution is 2.30. The van der Waals surface area contributed by atoms with E-state index in [0.717, 1.165) is 11.8 Å². The van der Waals surface area contributed by atoms with Gasteiger partial charge in [-0.3, -0.25) is 19.7 Å². The van der Waals surface area contributed by atoms with Gasteiger partial charge in [0.2, 0.25) is 0 Å². The van der Waals surface area contributed by atoms with Crippen molar-refractivity contribution in [2.24, 2.45) is 0 Å². The molecule has 0 unspecified atom stereocenters. The van der Waals surface area contributed by atoms with Gasteiger partial charge in [0.1, 0.15) is 11.6 Å². The predicted molar refractivity (Wildman–Crippen MR) is 99.0 cm³/mol. The third-order valence-electron chi connectivity index (χ3n) is 3.36. The third-order valence-corrected chi connectivity index (χ3v) is 4.79. The number of ether oxygens (including phenoxy) is 1. The summed E-state index contributed by atoms with van der Waals surface area (Å²) in [6.07, 6.45) is 1.50. The highest BCUT2D eigenvalue weighted by Gasteiger charge is 2.25. The lowest BCUT2D eigenvalue weighted by atomic mass is 10.1. The zero-order valence-electron chi connectivity index (χ0n) is 13.1. The van der Waals surface area contributed by atoms with Crippen molar-refractivity contribution in [3.63, 3.8) is 0 Å². The summed E-state index contributed by atoms with van der Waals surface area (Å²) in [5.41, 5.74) is 1.18. The van der Waals surface area contributed by atoms with Crippen molar-refractivity contribution in [2.75, 3.05) is 0 Å². The van der Waals surface area contributed by atoms with Crippen molar-refractivity contribution in [2.45, 2.75) is 6.42 Å². The number of rotatable bonds is 4. The van der Waals surface area contributed by atoms with Gasteiger partial charge in [-0.2, -0.15) is 0 Å². The first-order valence-corrected chi connectivity index (χ1v) is 9.01. The summed E-state index contributed by atoms with van der Waals surface area (Å²) < 4.78 is 18.9. The van der Waals surface area contributed by atoms with Gasteiger partial charge in [0.25, 0.3) is 11.1 Å². The average Bonchev–Trinajstić information content (AvgIpc) is 2.87. The smallest absolute Gasteiger partial charge is 0.315 e. The second-order valence-electron chi connectivity index (χ2n) is 5.32. The predicted octanol–water partition coefficient (Wildman–Crippen LogP) is 4.06. The molecule has 1 fully saturated rings. The van der Waals surface area contributed by atoms with Crippen molar-refractivity contribution in [1.82, 2.24) is 5.32 Å². The maximum Gasteiger partial charge on any atom is 0.315 e. The largest absolute Gasteiger partial charge is 0.425 e. The van der Waals surface area contributed by atoms with Crippen molar-refractivity contribution in [3.8, 4) is 5.75 Å². The van der Waals surface area contributed by atoms with Gasteiger partial charge >= 0.3 is 5.97 Å². The van der Waals surface area contributed by atoms with Crippen LogP contribution in [0.25, 0.3) is 6.08 Å². The number of hydrogen-bond acceptors (Lipinski definition) is 5. The van der Waals surface area contributed by atoms with Crippen LogP contribution in [0.3, 0.4) is 0 Å². The van der Waals surface area contributed by atoms with Gasteiger partial charge in [0, 0.05) is 0 Å². The fourth-order valence-electron chi connectivity index (χ4n) is 2.23. The number of benzene rings is 2. The van der Waals surface area contributed by atoms with Gasteiger partial charge in [-0.05, 0) is 69.2 Å². The minimum atomic E-state index is -0.529. The summed E-state index contributed by atoms with van der Waals surface area (Å²) >= 11 is 4.13. The molecule has 0 saturated carbocycles. The number of carbonyl (C=O) groups is 3. The van der Waals surface area contributed by atoms with Crippen LogP contribution >= 0.6 is 27.7 Å². The van der Waals surface area contributed by atoms with Crippen LogP contribution in [-0.4, -0.2) is 17.1 Å². The zero-order valence-corrected chi connectivity index (χ0v) is 15.5. The van der Waals surface area contributed by atoms with Crippen LogP contribution in [0, 0.1) is 5.82 Å². The van der Waals surface area contributed by atoms with E-state index in [0.29, 0.717) is 21.3 Å². The number of amides is 2. The number of esters is 1. The van der Waals surface area contributed by atoms with Crippen molar-refractivity contribution in [3.05, 3.63) is 68.8 Å².